The molecule has 10 nitrogen and oxygen atoms in total. The fourth-order valence-electron chi connectivity index (χ4n) is 3.38. The molecular formula is C24H32FN7O3. The first-order chi connectivity index (χ1) is 17.1. The first-order valence-corrected chi connectivity index (χ1v) is 11.6. The highest BCUT2D eigenvalue weighted by molar-refractivity contribution is 5.82. The molecule has 0 bridgehead atoms. The van der Waals surface area contributed by atoms with Crippen molar-refractivity contribution in [2.45, 2.75) is 37.9 Å². The van der Waals surface area contributed by atoms with Crippen LogP contribution in [0, 0.1) is 11.8 Å². The van der Waals surface area contributed by atoms with Crippen LogP contribution in [0.1, 0.15) is 31.2 Å². The molecule has 1 fully saturated rings. The second kappa shape index (κ2) is 14.0. The van der Waals surface area contributed by atoms with Gasteiger partial charge in [0.15, 0.2) is 0 Å². The molecular weight excluding hydrogens is 453 g/mol. The van der Waals surface area contributed by atoms with Gasteiger partial charge in [-0.2, -0.15) is 4.98 Å². The van der Waals surface area contributed by atoms with Gasteiger partial charge in [0.1, 0.15) is 12.0 Å². The van der Waals surface area contributed by atoms with Crippen LogP contribution >= 0.6 is 0 Å². The number of nitrogens with zero attached hydrogens (tertiary/aromatic N) is 3. The zero-order chi connectivity index (χ0) is 24.9. The number of ether oxygens (including phenoxy) is 2. The van der Waals surface area contributed by atoms with Crippen LogP contribution in [0.15, 0.2) is 24.5 Å². The number of pyridine rings is 1. The minimum Gasteiger partial charge on any atom is -0.481 e. The molecule has 1 saturated heterocycles. The maximum Gasteiger partial charge on any atom is 0.237 e. The van der Waals surface area contributed by atoms with E-state index in [1.165, 1.54) is 0 Å². The van der Waals surface area contributed by atoms with E-state index < -0.39 is 12.2 Å². The summed E-state index contributed by atoms with van der Waals surface area (Å²) in [6.45, 7) is 2.02. The third-order valence-corrected chi connectivity index (χ3v) is 5.20. The summed E-state index contributed by atoms with van der Waals surface area (Å²) in [5.74, 6) is 7.58. The molecule has 1 aliphatic rings. The summed E-state index contributed by atoms with van der Waals surface area (Å²) in [6, 6.07) is 3.10. The molecule has 3 rings (SSSR count). The Kier molecular flexibility index (Phi) is 10.5. The maximum atomic E-state index is 13.2. The molecule has 35 heavy (non-hydrogen) atoms. The number of unbranched alkanes of at least 4 members (excludes halogenated alkanes) is 1. The Morgan fingerprint density at radius 3 is 2.94 bits per heavy atom. The number of hydrogen-bond donors (Lipinski definition) is 4. The van der Waals surface area contributed by atoms with Gasteiger partial charge in [-0.1, -0.05) is 11.8 Å². The molecule has 0 aliphatic carbocycles. The van der Waals surface area contributed by atoms with Crippen LogP contribution < -0.4 is 26.0 Å². The minimum absolute atomic E-state index is 0.163. The number of carbonyl (C=O) groups excluding carboxylic acids is 1. The van der Waals surface area contributed by atoms with Crippen molar-refractivity contribution in [1.29, 1.82) is 0 Å². The van der Waals surface area contributed by atoms with Crippen molar-refractivity contribution in [1.82, 2.24) is 25.6 Å². The van der Waals surface area contributed by atoms with E-state index in [1.807, 2.05) is 0 Å². The molecule has 2 aromatic heterocycles. The third-order valence-electron chi connectivity index (χ3n) is 5.20. The van der Waals surface area contributed by atoms with Crippen molar-refractivity contribution >= 4 is 23.4 Å². The highest BCUT2D eigenvalue weighted by atomic mass is 19.1. The standard InChI is InChI=1S/C24H32FN7O3/c1-34-12-6-10-27-22-17(7-4-3-5-9-28-23(33)20-13-18(25)16-29-20)15-30-24(32-22)31-19-8-11-26-21(14-19)35-2/h8,11,14-15,18,20,29H,3,5-6,9-10,12-13,16H2,1-2H3,(H,28,33)(H2,26,27,30,31,32)/t18-,20-/m0/s1. The quantitative estimate of drug-likeness (QED) is 0.264. The Morgan fingerprint density at radius 1 is 1.29 bits per heavy atom. The zero-order valence-corrected chi connectivity index (χ0v) is 20.1. The van der Waals surface area contributed by atoms with E-state index >= 15 is 0 Å². The summed E-state index contributed by atoms with van der Waals surface area (Å²) >= 11 is 0. The molecule has 0 saturated carbocycles. The Labute approximate surface area is 204 Å². The zero-order valence-electron chi connectivity index (χ0n) is 20.1. The number of amides is 1. The fourth-order valence-corrected chi connectivity index (χ4v) is 3.38. The monoisotopic (exact) mass is 485 g/mol. The fraction of sp³-hybridized carbons (Fsp3) is 0.500. The second-order valence-electron chi connectivity index (χ2n) is 7.93. The van der Waals surface area contributed by atoms with Crippen molar-refractivity contribution in [2.24, 2.45) is 0 Å². The SMILES string of the molecule is COCCCNc1nc(Nc2ccnc(OC)c2)ncc1C#CCCCNC(=O)[C@@H]1C[C@H](F)CN1. The smallest absolute Gasteiger partial charge is 0.237 e. The molecule has 4 N–H and O–H groups in total. The lowest BCUT2D eigenvalue weighted by Crippen LogP contribution is -2.40. The van der Waals surface area contributed by atoms with Gasteiger partial charge in [-0.3, -0.25) is 4.79 Å². The van der Waals surface area contributed by atoms with Gasteiger partial charge in [-0.05, 0) is 18.9 Å². The Bertz CT molecular complexity index is 1030. The highest BCUT2D eigenvalue weighted by Gasteiger charge is 2.28. The first-order valence-electron chi connectivity index (χ1n) is 11.6. The van der Waals surface area contributed by atoms with Gasteiger partial charge in [0, 0.05) is 64.1 Å². The minimum atomic E-state index is -0.953. The van der Waals surface area contributed by atoms with Gasteiger partial charge in [-0.15, -0.1) is 0 Å². The second-order valence-corrected chi connectivity index (χ2v) is 7.93. The molecule has 0 aromatic carbocycles. The van der Waals surface area contributed by atoms with Crippen LogP contribution in [0.5, 0.6) is 5.88 Å². The van der Waals surface area contributed by atoms with Gasteiger partial charge in [-0.25, -0.2) is 14.4 Å². The van der Waals surface area contributed by atoms with Crippen LogP contribution in [0.2, 0.25) is 0 Å². The number of anilines is 3. The van der Waals surface area contributed by atoms with Crippen LogP contribution in [-0.2, 0) is 9.53 Å². The average molecular weight is 486 g/mol. The number of carbonyl (C=O) groups is 1. The number of hydrogen-bond acceptors (Lipinski definition) is 9. The summed E-state index contributed by atoms with van der Waals surface area (Å²) in [4.78, 5) is 25.1. The van der Waals surface area contributed by atoms with Gasteiger partial charge in [0.2, 0.25) is 17.7 Å². The van der Waals surface area contributed by atoms with Crippen LogP contribution in [0.3, 0.4) is 0 Å². The molecule has 3 heterocycles. The summed E-state index contributed by atoms with van der Waals surface area (Å²) < 4.78 is 23.5. The van der Waals surface area contributed by atoms with Gasteiger partial charge in [0.05, 0.1) is 24.9 Å². The van der Waals surface area contributed by atoms with Crippen LogP contribution in [-0.4, -0.2) is 73.5 Å². The largest absolute Gasteiger partial charge is 0.481 e. The van der Waals surface area contributed by atoms with E-state index in [0.29, 0.717) is 55.7 Å². The van der Waals surface area contributed by atoms with Crippen molar-refractivity contribution in [3.63, 3.8) is 0 Å². The molecule has 1 aliphatic heterocycles. The Morgan fingerprint density at radius 2 is 2.17 bits per heavy atom. The van der Waals surface area contributed by atoms with Crippen molar-refractivity contribution in [3.8, 4) is 17.7 Å². The topological polar surface area (TPSA) is 122 Å². The Hall–Kier alpha value is -3.49. The van der Waals surface area contributed by atoms with E-state index in [-0.39, 0.29) is 18.9 Å². The highest BCUT2D eigenvalue weighted by Crippen LogP contribution is 2.19. The molecule has 188 valence electrons. The van der Waals surface area contributed by atoms with E-state index in [2.05, 4.69) is 48.1 Å². The molecule has 0 spiro atoms. The van der Waals surface area contributed by atoms with E-state index in [0.717, 1.165) is 12.1 Å². The predicted octanol–water partition coefficient (Wildman–Crippen LogP) is 2.02. The summed E-state index contributed by atoms with van der Waals surface area (Å²) in [5, 5.41) is 12.1. The number of alkyl halides is 1. The summed E-state index contributed by atoms with van der Waals surface area (Å²) in [5.41, 5.74) is 1.42. The van der Waals surface area contributed by atoms with Gasteiger partial charge in [0.25, 0.3) is 0 Å². The number of halogens is 1. The molecule has 0 radical (unpaired) electrons. The third kappa shape index (κ3) is 8.66. The van der Waals surface area contributed by atoms with Crippen molar-refractivity contribution in [2.75, 3.05) is 51.1 Å². The van der Waals surface area contributed by atoms with Crippen molar-refractivity contribution < 1.29 is 18.7 Å². The molecule has 1 amide bonds. The molecule has 0 unspecified atom stereocenters. The van der Waals surface area contributed by atoms with Crippen LogP contribution in [0.4, 0.5) is 21.8 Å². The lowest BCUT2D eigenvalue weighted by Gasteiger charge is -2.11. The number of methoxy groups -OCH3 is 2. The lowest BCUT2D eigenvalue weighted by atomic mass is 10.2. The predicted molar refractivity (Wildman–Crippen MR) is 132 cm³/mol. The normalized spacial score (nSPS) is 16.8. The average Bonchev–Trinajstić information content (AvgIpc) is 3.31. The summed E-state index contributed by atoms with van der Waals surface area (Å²) in [7, 11) is 3.22. The molecule has 11 heteroatoms. The van der Waals surface area contributed by atoms with Crippen molar-refractivity contribution in [3.05, 3.63) is 30.1 Å². The van der Waals surface area contributed by atoms with E-state index in [9.17, 15) is 9.18 Å². The lowest BCUT2D eigenvalue weighted by molar-refractivity contribution is -0.122. The first kappa shape index (κ1) is 26.1. The maximum absolute atomic E-state index is 13.2. The molecule has 2 aromatic rings. The van der Waals surface area contributed by atoms with E-state index in [4.69, 9.17) is 9.47 Å². The van der Waals surface area contributed by atoms with E-state index in [1.54, 1.807) is 38.7 Å². The number of nitrogens with one attached hydrogen (secondary N) is 4. The Balaban J connectivity index is 1.56. The van der Waals surface area contributed by atoms with Gasteiger partial charge >= 0.3 is 0 Å². The van der Waals surface area contributed by atoms with Crippen LogP contribution in [0.25, 0.3) is 0 Å². The number of aromatic nitrogens is 3. The van der Waals surface area contributed by atoms with Gasteiger partial charge < -0.3 is 30.7 Å². The number of rotatable bonds is 12. The summed E-state index contributed by atoms with van der Waals surface area (Å²) in [6.07, 6.45) is 4.66. The molecule has 2 atom stereocenters.